The zero-order valence-corrected chi connectivity index (χ0v) is 11.9. The third-order valence-electron chi connectivity index (χ3n) is 2.80. The van der Waals surface area contributed by atoms with Crippen LogP contribution in [-0.2, 0) is 9.84 Å². The molecule has 0 amide bonds. The van der Waals surface area contributed by atoms with Crippen molar-refractivity contribution in [1.82, 2.24) is 0 Å². The lowest BCUT2D eigenvalue weighted by atomic mass is 10.2. The minimum absolute atomic E-state index is 0.198. The second kappa shape index (κ2) is 6.64. The number of nitrogens with two attached hydrogens (primary N) is 1. The van der Waals surface area contributed by atoms with Gasteiger partial charge in [-0.3, -0.25) is 0 Å². The first-order chi connectivity index (χ1) is 8.48. The van der Waals surface area contributed by atoms with Gasteiger partial charge in [0, 0.05) is 30.2 Å². The van der Waals surface area contributed by atoms with Gasteiger partial charge < -0.3 is 10.6 Å². The molecule has 1 aromatic rings. The molecule has 18 heavy (non-hydrogen) atoms. The Labute approximate surface area is 110 Å². The van der Waals surface area contributed by atoms with Crippen molar-refractivity contribution in [2.45, 2.75) is 20.3 Å². The summed E-state index contributed by atoms with van der Waals surface area (Å²) in [6, 6.07) is 7.53. The fraction of sp³-hybridized carbons (Fsp3) is 0.538. The number of sulfone groups is 1. The average molecular weight is 270 g/mol. The van der Waals surface area contributed by atoms with Gasteiger partial charge in [0.1, 0.15) is 0 Å². The van der Waals surface area contributed by atoms with Crippen LogP contribution in [0.4, 0.5) is 11.4 Å². The Morgan fingerprint density at radius 3 is 2.50 bits per heavy atom. The van der Waals surface area contributed by atoms with Crippen molar-refractivity contribution in [2.75, 3.05) is 35.2 Å². The van der Waals surface area contributed by atoms with Crippen molar-refractivity contribution >= 4 is 21.2 Å². The Morgan fingerprint density at radius 1 is 1.22 bits per heavy atom. The van der Waals surface area contributed by atoms with Gasteiger partial charge in [-0.25, -0.2) is 8.42 Å². The highest BCUT2D eigenvalue weighted by molar-refractivity contribution is 7.91. The maximum absolute atomic E-state index is 11.7. The molecule has 0 heterocycles. The first-order valence-corrected chi connectivity index (χ1v) is 8.11. The van der Waals surface area contributed by atoms with Gasteiger partial charge in [0.15, 0.2) is 9.84 Å². The zero-order valence-electron chi connectivity index (χ0n) is 11.1. The summed E-state index contributed by atoms with van der Waals surface area (Å²) in [4.78, 5) is 2.03. The molecule has 0 spiro atoms. The van der Waals surface area contributed by atoms with Gasteiger partial charge in [0.05, 0.1) is 5.75 Å². The van der Waals surface area contributed by atoms with Crippen LogP contribution in [-0.4, -0.2) is 33.0 Å². The second-order valence-corrected chi connectivity index (χ2v) is 6.63. The molecule has 0 aliphatic rings. The highest BCUT2D eigenvalue weighted by atomic mass is 32.2. The first-order valence-electron chi connectivity index (χ1n) is 6.29. The maximum Gasteiger partial charge on any atom is 0.152 e. The fourth-order valence-corrected chi connectivity index (χ4v) is 3.18. The third kappa shape index (κ3) is 4.56. The average Bonchev–Trinajstić information content (AvgIpc) is 2.29. The lowest BCUT2D eigenvalue weighted by Crippen LogP contribution is -2.29. The van der Waals surface area contributed by atoms with Gasteiger partial charge in [-0.1, -0.05) is 13.0 Å². The van der Waals surface area contributed by atoms with Crippen LogP contribution in [0, 0.1) is 0 Å². The monoisotopic (exact) mass is 270 g/mol. The Bertz CT molecular complexity index is 472. The summed E-state index contributed by atoms with van der Waals surface area (Å²) in [5.41, 5.74) is 7.41. The van der Waals surface area contributed by atoms with E-state index in [2.05, 4.69) is 0 Å². The van der Waals surface area contributed by atoms with E-state index in [4.69, 9.17) is 5.73 Å². The minimum Gasteiger partial charge on any atom is -0.399 e. The summed E-state index contributed by atoms with van der Waals surface area (Å²) in [5.74, 6) is 0.463. The normalized spacial score (nSPS) is 11.4. The van der Waals surface area contributed by atoms with Gasteiger partial charge in [0.2, 0.25) is 0 Å². The number of hydrogen-bond donors (Lipinski definition) is 1. The molecule has 0 atom stereocenters. The molecule has 0 fully saturated rings. The topological polar surface area (TPSA) is 63.4 Å². The highest BCUT2D eigenvalue weighted by Crippen LogP contribution is 2.17. The number of anilines is 2. The van der Waals surface area contributed by atoms with Crippen molar-refractivity contribution in [1.29, 1.82) is 0 Å². The van der Waals surface area contributed by atoms with E-state index in [-0.39, 0.29) is 11.5 Å². The van der Waals surface area contributed by atoms with Crippen LogP contribution in [0.25, 0.3) is 0 Å². The van der Waals surface area contributed by atoms with Crippen LogP contribution in [0.1, 0.15) is 20.3 Å². The molecule has 0 unspecified atom stereocenters. The van der Waals surface area contributed by atoms with Crippen LogP contribution in [0.15, 0.2) is 24.3 Å². The fourth-order valence-electron chi connectivity index (χ4n) is 1.85. The molecular weight excluding hydrogens is 248 g/mol. The molecule has 1 aromatic carbocycles. The molecule has 0 saturated heterocycles. The number of hydrogen-bond acceptors (Lipinski definition) is 4. The SMILES string of the molecule is CCCS(=O)(=O)CCN(CC)c1cccc(N)c1. The van der Waals surface area contributed by atoms with Crippen LogP contribution >= 0.6 is 0 Å². The summed E-state index contributed by atoms with van der Waals surface area (Å²) < 4.78 is 23.4. The summed E-state index contributed by atoms with van der Waals surface area (Å²) in [6.07, 6.45) is 0.673. The molecule has 0 aromatic heterocycles. The molecule has 4 nitrogen and oxygen atoms in total. The van der Waals surface area contributed by atoms with Gasteiger partial charge >= 0.3 is 0 Å². The van der Waals surface area contributed by atoms with E-state index in [1.165, 1.54) is 0 Å². The van der Waals surface area contributed by atoms with E-state index in [0.717, 1.165) is 12.2 Å². The Balaban J connectivity index is 2.69. The predicted molar refractivity (Wildman–Crippen MR) is 77.7 cm³/mol. The van der Waals surface area contributed by atoms with Crippen LogP contribution in [0.3, 0.4) is 0 Å². The smallest absolute Gasteiger partial charge is 0.152 e. The van der Waals surface area contributed by atoms with E-state index >= 15 is 0 Å². The molecular formula is C13H22N2O2S. The molecule has 0 aliphatic carbocycles. The minimum atomic E-state index is -2.93. The molecule has 1 rings (SSSR count). The molecule has 2 N–H and O–H groups in total. The quantitative estimate of drug-likeness (QED) is 0.769. The van der Waals surface area contributed by atoms with E-state index < -0.39 is 9.84 Å². The number of nitrogen functional groups attached to an aromatic ring is 1. The summed E-state index contributed by atoms with van der Waals surface area (Å²) in [5, 5.41) is 0. The van der Waals surface area contributed by atoms with Crippen LogP contribution < -0.4 is 10.6 Å². The Kier molecular flexibility index (Phi) is 5.47. The number of rotatable bonds is 7. The lowest BCUT2D eigenvalue weighted by molar-refractivity contribution is 0.593. The van der Waals surface area contributed by atoms with Crippen molar-refractivity contribution in [3.05, 3.63) is 24.3 Å². The number of nitrogens with zero attached hydrogens (tertiary/aromatic N) is 1. The van der Waals surface area contributed by atoms with E-state index in [1.54, 1.807) is 0 Å². The Morgan fingerprint density at radius 2 is 1.94 bits per heavy atom. The van der Waals surface area contributed by atoms with Crippen molar-refractivity contribution in [3.8, 4) is 0 Å². The van der Waals surface area contributed by atoms with Crippen molar-refractivity contribution in [3.63, 3.8) is 0 Å². The van der Waals surface area contributed by atoms with E-state index in [1.807, 2.05) is 43.0 Å². The third-order valence-corrected chi connectivity index (χ3v) is 4.64. The summed E-state index contributed by atoms with van der Waals surface area (Å²) in [7, 11) is -2.93. The number of benzene rings is 1. The van der Waals surface area contributed by atoms with Gasteiger partial charge in [-0.05, 0) is 31.5 Å². The van der Waals surface area contributed by atoms with E-state index in [0.29, 0.717) is 18.7 Å². The molecule has 5 heteroatoms. The van der Waals surface area contributed by atoms with Gasteiger partial charge in [0.25, 0.3) is 0 Å². The molecule has 102 valence electrons. The largest absolute Gasteiger partial charge is 0.399 e. The van der Waals surface area contributed by atoms with E-state index in [9.17, 15) is 8.42 Å². The zero-order chi connectivity index (χ0) is 13.6. The highest BCUT2D eigenvalue weighted by Gasteiger charge is 2.12. The first kappa shape index (κ1) is 14.8. The summed E-state index contributed by atoms with van der Waals surface area (Å²) >= 11 is 0. The standard InChI is InChI=1S/C13H22N2O2S/c1-3-9-18(16,17)10-8-15(4-2)13-7-5-6-12(14)11-13/h5-7,11H,3-4,8-10,14H2,1-2H3. The van der Waals surface area contributed by atoms with Gasteiger partial charge in [-0.15, -0.1) is 0 Å². The lowest BCUT2D eigenvalue weighted by Gasteiger charge is -2.23. The molecule has 0 bridgehead atoms. The molecule has 0 saturated carbocycles. The summed E-state index contributed by atoms with van der Waals surface area (Å²) in [6.45, 7) is 5.18. The second-order valence-electron chi connectivity index (χ2n) is 4.33. The predicted octanol–water partition coefficient (Wildman–Crippen LogP) is 1.92. The van der Waals surface area contributed by atoms with Crippen molar-refractivity contribution < 1.29 is 8.42 Å². The molecule has 0 aliphatic heterocycles. The van der Waals surface area contributed by atoms with Crippen molar-refractivity contribution in [2.24, 2.45) is 0 Å². The Hall–Kier alpha value is -1.23. The maximum atomic E-state index is 11.7. The van der Waals surface area contributed by atoms with Gasteiger partial charge in [-0.2, -0.15) is 0 Å². The van der Waals surface area contributed by atoms with Crippen LogP contribution in [0.2, 0.25) is 0 Å². The molecule has 0 radical (unpaired) electrons. The van der Waals surface area contributed by atoms with Crippen LogP contribution in [0.5, 0.6) is 0 Å².